The summed E-state index contributed by atoms with van der Waals surface area (Å²) in [6, 6.07) is 16.4. The van der Waals surface area contributed by atoms with E-state index in [0.717, 1.165) is 49.9 Å². The Bertz CT molecular complexity index is 878. The summed E-state index contributed by atoms with van der Waals surface area (Å²) in [5.74, 6) is -0.159. The van der Waals surface area contributed by atoms with Crippen LogP contribution in [0.25, 0.3) is 0 Å². The number of halogens is 1. The maximum atomic E-state index is 13.1. The minimum atomic E-state index is -0.209. The summed E-state index contributed by atoms with van der Waals surface area (Å²) in [6.45, 7) is 0.979. The quantitative estimate of drug-likeness (QED) is 0.508. The Balaban J connectivity index is 1.26. The Labute approximate surface area is 183 Å². The first-order valence-corrected chi connectivity index (χ1v) is 10.8. The molecule has 1 heterocycles. The van der Waals surface area contributed by atoms with Gasteiger partial charge in [0.25, 0.3) is 0 Å². The highest BCUT2D eigenvalue weighted by Crippen LogP contribution is 2.24. The maximum absolute atomic E-state index is 13.1. The molecule has 0 bridgehead atoms. The molecular weight excluding hydrogens is 393 g/mol. The van der Waals surface area contributed by atoms with Gasteiger partial charge >= 0.3 is 0 Å². The Kier molecular flexibility index (Phi) is 8.39. The number of carbonyl (C=O) groups is 1. The molecule has 2 atom stereocenters. The fraction of sp³-hybridized carbons (Fsp3) is 0.417. The summed E-state index contributed by atoms with van der Waals surface area (Å²) >= 11 is 0. The fourth-order valence-corrected chi connectivity index (χ4v) is 3.74. The van der Waals surface area contributed by atoms with Crippen molar-refractivity contribution in [2.45, 2.75) is 44.2 Å². The SMILES string of the molecule is CN(CCCCCC1CC(c2ccc(F)cc2)NN1)C(=O)CNc1ccc(C#N)cc1. The van der Waals surface area contributed by atoms with Crippen molar-refractivity contribution < 1.29 is 9.18 Å². The molecule has 2 aromatic rings. The van der Waals surface area contributed by atoms with Crippen molar-refractivity contribution in [2.75, 3.05) is 25.5 Å². The molecule has 2 unspecified atom stereocenters. The molecule has 7 heteroatoms. The van der Waals surface area contributed by atoms with Gasteiger partial charge in [0.1, 0.15) is 5.82 Å². The molecule has 2 aromatic carbocycles. The predicted molar refractivity (Wildman–Crippen MR) is 120 cm³/mol. The Hall–Kier alpha value is -2.95. The predicted octanol–water partition coefficient (Wildman–Crippen LogP) is 3.74. The van der Waals surface area contributed by atoms with Crippen molar-refractivity contribution in [2.24, 2.45) is 0 Å². The third kappa shape index (κ3) is 7.06. The van der Waals surface area contributed by atoms with Gasteiger partial charge in [-0.05, 0) is 61.2 Å². The van der Waals surface area contributed by atoms with Crippen LogP contribution in [0.4, 0.5) is 10.1 Å². The zero-order valence-electron chi connectivity index (χ0n) is 17.9. The van der Waals surface area contributed by atoms with Crippen LogP contribution >= 0.6 is 0 Å². The van der Waals surface area contributed by atoms with Gasteiger partial charge in [-0.2, -0.15) is 5.26 Å². The molecular formula is C24H30FN5O. The second-order valence-electron chi connectivity index (χ2n) is 8.03. The van der Waals surface area contributed by atoms with Gasteiger partial charge in [0.2, 0.25) is 5.91 Å². The Morgan fingerprint density at radius 3 is 2.58 bits per heavy atom. The molecule has 0 aromatic heterocycles. The number of hydrogen-bond donors (Lipinski definition) is 3. The van der Waals surface area contributed by atoms with E-state index in [-0.39, 0.29) is 24.3 Å². The summed E-state index contributed by atoms with van der Waals surface area (Å²) in [4.78, 5) is 14.0. The van der Waals surface area contributed by atoms with Crippen molar-refractivity contribution in [1.82, 2.24) is 15.8 Å². The number of amides is 1. The van der Waals surface area contributed by atoms with Gasteiger partial charge in [-0.3, -0.25) is 15.6 Å². The van der Waals surface area contributed by atoms with E-state index in [1.54, 1.807) is 29.2 Å². The largest absolute Gasteiger partial charge is 0.376 e. The molecule has 1 amide bonds. The lowest BCUT2D eigenvalue weighted by Crippen LogP contribution is -2.33. The summed E-state index contributed by atoms with van der Waals surface area (Å²) in [6.07, 6.45) is 5.20. The first kappa shape index (κ1) is 22.7. The normalized spacial score (nSPS) is 17.8. The molecule has 164 valence electrons. The van der Waals surface area contributed by atoms with Gasteiger partial charge in [0, 0.05) is 31.4 Å². The third-order valence-electron chi connectivity index (χ3n) is 5.68. The first-order valence-electron chi connectivity index (χ1n) is 10.8. The monoisotopic (exact) mass is 423 g/mol. The molecule has 1 fully saturated rings. The van der Waals surface area contributed by atoms with Crippen molar-refractivity contribution in [3.05, 3.63) is 65.5 Å². The van der Waals surface area contributed by atoms with E-state index in [9.17, 15) is 9.18 Å². The number of nitrogens with zero attached hydrogens (tertiary/aromatic N) is 2. The van der Waals surface area contributed by atoms with E-state index in [1.807, 2.05) is 19.2 Å². The Morgan fingerprint density at radius 2 is 1.87 bits per heavy atom. The van der Waals surface area contributed by atoms with Gasteiger partial charge in [0.15, 0.2) is 0 Å². The zero-order valence-corrected chi connectivity index (χ0v) is 17.9. The molecule has 3 rings (SSSR count). The van der Waals surface area contributed by atoms with Gasteiger partial charge in [-0.1, -0.05) is 25.0 Å². The van der Waals surface area contributed by atoms with E-state index in [0.29, 0.717) is 11.6 Å². The zero-order chi connectivity index (χ0) is 22.1. The number of likely N-dealkylation sites (N-methyl/N-ethyl adjacent to an activating group) is 1. The van der Waals surface area contributed by atoms with E-state index < -0.39 is 0 Å². The minimum Gasteiger partial charge on any atom is -0.376 e. The van der Waals surface area contributed by atoms with Crippen molar-refractivity contribution in [3.63, 3.8) is 0 Å². The van der Waals surface area contributed by atoms with Crippen LogP contribution in [0.15, 0.2) is 48.5 Å². The van der Waals surface area contributed by atoms with Gasteiger partial charge in [-0.15, -0.1) is 0 Å². The molecule has 0 aliphatic carbocycles. The van der Waals surface area contributed by atoms with Crippen molar-refractivity contribution in [1.29, 1.82) is 5.26 Å². The van der Waals surface area contributed by atoms with Crippen LogP contribution in [-0.4, -0.2) is 37.0 Å². The molecule has 1 aliphatic heterocycles. The number of benzene rings is 2. The highest BCUT2D eigenvalue weighted by molar-refractivity contribution is 5.80. The van der Waals surface area contributed by atoms with Crippen LogP contribution in [0.2, 0.25) is 0 Å². The van der Waals surface area contributed by atoms with Crippen LogP contribution in [0.1, 0.15) is 49.3 Å². The molecule has 6 nitrogen and oxygen atoms in total. The standard InChI is InChI=1S/C24H30FN5O/c1-30(24(31)17-27-21-12-6-18(16-26)7-13-21)14-4-2-3-5-22-15-23(29-28-22)19-8-10-20(25)11-9-19/h6-13,22-23,27-29H,2-5,14-15,17H2,1H3. The highest BCUT2D eigenvalue weighted by atomic mass is 19.1. The average molecular weight is 424 g/mol. The average Bonchev–Trinajstić information content (AvgIpc) is 3.26. The molecule has 1 aliphatic rings. The topological polar surface area (TPSA) is 80.2 Å². The smallest absolute Gasteiger partial charge is 0.241 e. The van der Waals surface area contributed by atoms with Gasteiger partial charge < -0.3 is 10.2 Å². The molecule has 0 spiro atoms. The molecule has 3 N–H and O–H groups in total. The molecule has 31 heavy (non-hydrogen) atoms. The lowest BCUT2D eigenvalue weighted by atomic mass is 9.99. The van der Waals surface area contributed by atoms with Crippen molar-refractivity contribution >= 4 is 11.6 Å². The summed E-state index contributed by atoms with van der Waals surface area (Å²) < 4.78 is 13.1. The number of hydrazine groups is 1. The number of nitrogens with one attached hydrogen (secondary N) is 3. The Morgan fingerprint density at radius 1 is 1.13 bits per heavy atom. The van der Waals surface area contributed by atoms with Gasteiger partial charge in [0.05, 0.1) is 18.2 Å². The van der Waals surface area contributed by atoms with E-state index in [2.05, 4.69) is 22.2 Å². The molecule has 0 saturated carbocycles. The fourth-order valence-electron chi connectivity index (χ4n) is 3.74. The van der Waals surface area contributed by atoms with E-state index in [1.165, 1.54) is 12.1 Å². The second-order valence-corrected chi connectivity index (χ2v) is 8.03. The number of rotatable bonds is 10. The molecule has 0 radical (unpaired) electrons. The van der Waals surface area contributed by atoms with Crippen LogP contribution in [0.3, 0.4) is 0 Å². The number of carbonyl (C=O) groups excluding carboxylic acids is 1. The molecule has 1 saturated heterocycles. The second kappa shape index (κ2) is 11.4. The highest BCUT2D eigenvalue weighted by Gasteiger charge is 2.24. The van der Waals surface area contributed by atoms with Crippen LogP contribution < -0.4 is 16.2 Å². The number of hydrogen-bond acceptors (Lipinski definition) is 5. The third-order valence-corrected chi connectivity index (χ3v) is 5.68. The van der Waals surface area contributed by atoms with Gasteiger partial charge in [-0.25, -0.2) is 4.39 Å². The summed E-state index contributed by atoms with van der Waals surface area (Å²) in [7, 11) is 1.83. The van der Waals surface area contributed by atoms with Crippen LogP contribution in [0, 0.1) is 17.1 Å². The summed E-state index contributed by atoms with van der Waals surface area (Å²) in [5, 5.41) is 11.9. The minimum absolute atomic E-state index is 0.0492. The van der Waals surface area contributed by atoms with E-state index >= 15 is 0 Å². The van der Waals surface area contributed by atoms with E-state index in [4.69, 9.17) is 5.26 Å². The van der Waals surface area contributed by atoms with Crippen LogP contribution in [0.5, 0.6) is 0 Å². The number of nitriles is 1. The lowest BCUT2D eigenvalue weighted by Gasteiger charge is -2.18. The summed E-state index contributed by atoms with van der Waals surface area (Å²) in [5.41, 5.74) is 9.18. The lowest BCUT2D eigenvalue weighted by molar-refractivity contribution is -0.128. The number of unbranched alkanes of at least 4 members (excludes halogenated alkanes) is 2. The maximum Gasteiger partial charge on any atom is 0.241 e. The first-order chi connectivity index (χ1) is 15.0. The number of anilines is 1. The van der Waals surface area contributed by atoms with Crippen LogP contribution in [-0.2, 0) is 4.79 Å². The van der Waals surface area contributed by atoms with Crippen molar-refractivity contribution in [3.8, 4) is 6.07 Å².